The first kappa shape index (κ1) is 17.9. The van der Waals surface area contributed by atoms with E-state index in [9.17, 15) is 13.5 Å². The summed E-state index contributed by atoms with van der Waals surface area (Å²) in [6.07, 6.45) is 2.32. The van der Waals surface area contributed by atoms with Crippen molar-refractivity contribution in [1.29, 1.82) is 0 Å². The molecule has 5 nitrogen and oxygen atoms in total. The van der Waals surface area contributed by atoms with Gasteiger partial charge in [0.1, 0.15) is 5.75 Å². The third-order valence-electron chi connectivity index (χ3n) is 3.28. The van der Waals surface area contributed by atoms with Crippen LogP contribution in [0.2, 0.25) is 0 Å². The summed E-state index contributed by atoms with van der Waals surface area (Å²) in [5.74, 6) is 0.529. The van der Waals surface area contributed by atoms with Crippen molar-refractivity contribution in [3.05, 3.63) is 23.8 Å². The minimum Gasteiger partial charge on any atom is -0.493 e. The molecule has 0 amide bonds. The second-order valence-corrected chi connectivity index (χ2v) is 6.62. The van der Waals surface area contributed by atoms with Gasteiger partial charge in [0.2, 0.25) is 10.0 Å². The molecule has 0 saturated carbocycles. The summed E-state index contributed by atoms with van der Waals surface area (Å²) in [5, 5.41) is 9.39. The Morgan fingerprint density at radius 1 is 1.24 bits per heavy atom. The fraction of sp³-hybridized carbons (Fsp3) is 0.600. The summed E-state index contributed by atoms with van der Waals surface area (Å²) in [5.41, 5.74) is 0.482. The molecule has 0 aliphatic carbocycles. The Labute approximate surface area is 127 Å². The number of nitrogens with one attached hydrogen (secondary N) is 1. The molecular formula is C15H25NO4S. The summed E-state index contributed by atoms with van der Waals surface area (Å²) >= 11 is 0. The van der Waals surface area contributed by atoms with E-state index >= 15 is 0 Å². The number of aliphatic hydroxyl groups is 1. The molecule has 0 heterocycles. The molecule has 21 heavy (non-hydrogen) atoms. The van der Waals surface area contributed by atoms with Crippen molar-refractivity contribution in [3.63, 3.8) is 0 Å². The molecule has 0 unspecified atom stereocenters. The number of sulfonamides is 1. The first-order valence-corrected chi connectivity index (χ1v) is 8.85. The number of ether oxygens (including phenoxy) is 1. The summed E-state index contributed by atoms with van der Waals surface area (Å²) in [6, 6.07) is 4.50. The van der Waals surface area contributed by atoms with Crippen molar-refractivity contribution in [3.8, 4) is 5.75 Å². The van der Waals surface area contributed by atoms with Gasteiger partial charge in [0.15, 0.2) is 0 Å². The Hall–Kier alpha value is -1.11. The number of hydrogen-bond donors (Lipinski definition) is 2. The Bertz CT molecular complexity index is 539. The van der Waals surface area contributed by atoms with Crippen LogP contribution in [-0.4, -0.2) is 26.2 Å². The SMILES string of the molecule is CCCOc1ccc(S(=O)(=O)NC(CC)CC)cc1CO. The average molecular weight is 315 g/mol. The van der Waals surface area contributed by atoms with Gasteiger partial charge in [-0.25, -0.2) is 13.1 Å². The van der Waals surface area contributed by atoms with Crippen LogP contribution in [0.25, 0.3) is 0 Å². The number of benzene rings is 1. The van der Waals surface area contributed by atoms with E-state index in [1.165, 1.54) is 12.1 Å². The van der Waals surface area contributed by atoms with Crippen LogP contribution in [0.1, 0.15) is 45.6 Å². The maximum absolute atomic E-state index is 12.3. The maximum Gasteiger partial charge on any atom is 0.240 e. The molecule has 0 aliphatic heterocycles. The predicted octanol–water partition coefficient (Wildman–Crippen LogP) is 2.43. The molecule has 0 fully saturated rings. The second-order valence-electron chi connectivity index (χ2n) is 4.91. The minimum absolute atomic E-state index is 0.0800. The summed E-state index contributed by atoms with van der Waals surface area (Å²) < 4.78 is 32.8. The number of aliphatic hydroxyl groups excluding tert-OH is 1. The first-order valence-electron chi connectivity index (χ1n) is 7.37. The average Bonchev–Trinajstić information content (AvgIpc) is 2.50. The van der Waals surface area contributed by atoms with Crippen LogP contribution >= 0.6 is 0 Å². The highest BCUT2D eigenvalue weighted by molar-refractivity contribution is 7.89. The third-order valence-corrected chi connectivity index (χ3v) is 4.80. The van der Waals surface area contributed by atoms with Crippen LogP contribution < -0.4 is 9.46 Å². The minimum atomic E-state index is -3.57. The van der Waals surface area contributed by atoms with Gasteiger partial charge in [0, 0.05) is 11.6 Å². The highest BCUT2D eigenvalue weighted by Gasteiger charge is 2.19. The molecule has 1 aromatic carbocycles. The quantitative estimate of drug-likeness (QED) is 0.734. The molecule has 0 radical (unpaired) electrons. The lowest BCUT2D eigenvalue weighted by molar-refractivity contribution is 0.262. The van der Waals surface area contributed by atoms with Crippen molar-refractivity contribution < 1.29 is 18.3 Å². The van der Waals surface area contributed by atoms with Gasteiger partial charge >= 0.3 is 0 Å². The second kappa shape index (κ2) is 8.36. The van der Waals surface area contributed by atoms with Crippen LogP contribution in [0.15, 0.2) is 23.1 Å². The van der Waals surface area contributed by atoms with E-state index in [4.69, 9.17) is 4.74 Å². The Morgan fingerprint density at radius 2 is 1.90 bits per heavy atom. The van der Waals surface area contributed by atoms with Gasteiger partial charge in [-0.1, -0.05) is 20.8 Å². The Balaban J connectivity index is 3.02. The lowest BCUT2D eigenvalue weighted by Gasteiger charge is -2.16. The first-order chi connectivity index (χ1) is 9.98. The van der Waals surface area contributed by atoms with E-state index < -0.39 is 10.0 Å². The van der Waals surface area contributed by atoms with Gasteiger partial charge in [0.25, 0.3) is 0 Å². The van der Waals surface area contributed by atoms with Crippen molar-refractivity contribution in [2.75, 3.05) is 6.61 Å². The summed E-state index contributed by atoms with van der Waals surface area (Å²) in [7, 11) is -3.57. The molecule has 1 rings (SSSR count). The lowest BCUT2D eigenvalue weighted by atomic mass is 10.2. The van der Waals surface area contributed by atoms with E-state index in [-0.39, 0.29) is 17.5 Å². The molecule has 0 saturated heterocycles. The van der Waals surface area contributed by atoms with Gasteiger partial charge in [-0.2, -0.15) is 0 Å². The molecule has 0 atom stereocenters. The lowest BCUT2D eigenvalue weighted by Crippen LogP contribution is -2.33. The monoisotopic (exact) mass is 315 g/mol. The zero-order chi connectivity index (χ0) is 15.9. The standard InChI is InChI=1S/C15H25NO4S/c1-4-9-20-15-8-7-14(10-12(15)11-17)21(18,19)16-13(5-2)6-3/h7-8,10,13,16-17H,4-6,9,11H2,1-3H3. The Morgan fingerprint density at radius 3 is 2.43 bits per heavy atom. The van der Waals surface area contributed by atoms with E-state index in [1.54, 1.807) is 6.07 Å². The molecule has 120 valence electrons. The Kier molecular flexibility index (Phi) is 7.14. The fourth-order valence-electron chi connectivity index (χ4n) is 1.94. The maximum atomic E-state index is 12.3. The molecule has 6 heteroatoms. The van der Waals surface area contributed by atoms with Gasteiger partial charge in [-0.15, -0.1) is 0 Å². The highest BCUT2D eigenvalue weighted by atomic mass is 32.2. The largest absolute Gasteiger partial charge is 0.493 e. The predicted molar refractivity (Wildman–Crippen MR) is 82.8 cm³/mol. The highest BCUT2D eigenvalue weighted by Crippen LogP contribution is 2.23. The normalized spacial score (nSPS) is 11.9. The van der Waals surface area contributed by atoms with Gasteiger partial charge in [0.05, 0.1) is 18.1 Å². The molecule has 0 bridgehead atoms. The zero-order valence-electron chi connectivity index (χ0n) is 12.9. The van der Waals surface area contributed by atoms with Crippen LogP contribution in [0.3, 0.4) is 0 Å². The van der Waals surface area contributed by atoms with Gasteiger partial charge < -0.3 is 9.84 Å². The van der Waals surface area contributed by atoms with E-state index in [0.717, 1.165) is 19.3 Å². The third kappa shape index (κ3) is 4.98. The van der Waals surface area contributed by atoms with E-state index in [1.807, 2.05) is 20.8 Å². The molecule has 0 aromatic heterocycles. The van der Waals surface area contributed by atoms with Crippen LogP contribution in [-0.2, 0) is 16.6 Å². The van der Waals surface area contributed by atoms with Gasteiger partial charge in [-0.3, -0.25) is 0 Å². The van der Waals surface area contributed by atoms with Crippen molar-refractivity contribution in [2.45, 2.75) is 57.6 Å². The summed E-state index contributed by atoms with van der Waals surface area (Å²) in [4.78, 5) is 0.155. The van der Waals surface area contributed by atoms with E-state index in [0.29, 0.717) is 17.9 Å². The van der Waals surface area contributed by atoms with Crippen LogP contribution in [0.5, 0.6) is 5.75 Å². The van der Waals surface area contributed by atoms with Crippen LogP contribution in [0.4, 0.5) is 0 Å². The van der Waals surface area contributed by atoms with Crippen LogP contribution in [0, 0.1) is 0 Å². The topological polar surface area (TPSA) is 75.6 Å². The molecule has 2 N–H and O–H groups in total. The zero-order valence-corrected chi connectivity index (χ0v) is 13.7. The number of rotatable bonds is 9. The van der Waals surface area contributed by atoms with E-state index in [2.05, 4.69) is 4.72 Å². The van der Waals surface area contributed by atoms with Crippen molar-refractivity contribution >= 4 is 10.0 Å². The molecule has 0 spiro atoms. The molecular weight excluding hydrogens is 290 g/mol. The smallest absolute Gasteiger partial charge is 0.240 e. The number of hydrogen-bond acceptors (Lipinski definition) is 4. The van der Waals surface area contributed by atoms with Crippen molar-refractivity contribution in [2.24, 2.45) is 0 Å². The van der Waals surface area contributed by atoms with Crippen molar-refractivity contribution in [1.82, 2.24) is 4.72 Å². The molecule has 0 aliphatic rings. The van der Waals surface area contributed by atoms with Gasteiger partial charge in [-0.05, 0) is 37.5 Å². The molecule has 1 aromatic rings. The summed E-state index contributed by atoms with van der Waals surface area (Å²) in [6.45, 7) is 6.14. The fourth-order valence-corrected chi connectivity index (χ4v) is 3.40.